The largest absolute Gasteiger partial charge is 0.346 e. The average molecular weight is 435 g/mol. The van der Waals surface area contributed by atoms with E-state index in [4.69, 9.17) is 0 Å². The van der Waals surface area contributed by atoms with Crippen molar-refractivity contribution >= 4 is 12.0 Å². The molecule has 2 fully saturated rings. The Labute approximate surface area is 190 Å². The van der Waals surface area contributed by atoms with Crippen molar-refractivity contribution in [1.82, 2.24) is 24.2 Å². The Balaban J connectivity index is 1.54. The first-order valence-electron chi connectivity index (χ1n) is 12.0. The number of rotatable bonds is 5. The summed E-state index contributed by atoms with van der Waals surface area (Å²) in [6.07, 6.45) is 11.7. The Morgan fingerprint density at radius 1 is 1.22 bits per heavy atom. The topological polar surface area (TPSA) is 79.7 Å². The number of likely N-dealkylation sites (tertiary alicyclic amines) is 1. The number of carbonyl (C=O) groups is 1. The molecule has 0 aromatic carbocycles. The smallest absolute Gasteiger partial charge is 0.264 e. The first kappa shape index (κ1) is 22.3. The SMILES string of the molecule is CCn1cnnc1C1CCCN(C(=O)/C(C#N)=C/c2cc(C)n(C3CCCCC3)c2C)C1. The molecule has 1 atom stereocenters. The van der Waals surface area contributed by atoms with Crippen LogP contribution >= 0.6 is 0 Å². The molecule has 1 aliphatic carbocycles. The zero-order chi connectivity index (χ0) is 22.7. The van der Waals surface area contributed by atoms with Gasteiger partial charge in [-0.25, -0.2) is 0 Å². The third-order valence-corrected chi connectivity index (χ3v) is 7.17. The highest BCUT2D eigenvalue weighted by molar-refractivity contribution is 6.01. The number of carbonyl (C=O) groups excluding carboxylic acids is 1. The fraction of sp³-hybridized carbons (Fsp3) is 0.600. The molecule has 0 bridgehead atoms. The Hall–Kier alpha value is -2.88. The van der Waals surface area contributed by atoms with Crippen molar-refractivity contribution in [2.75, 3.05) is 13.1 Å². The molecular formula is C25H34N6O. The summed E-state index contributed by atoms with van der Waals surface area (Å²) in [6, 6.07) is 4.84. The molecule has 1 saturated heterocycles. The Bertz CT molecular complexity index is 1030. The summed E-state index contributed by atoms with van der Waals surface area (Å²) in [6.45, 7) is 8.38. The van der Waals surface area contributed by atoms with Gasteiger partial charge in [-0.3, -0.25) is 4.79 Å². The molecule has 7 nitrogen and oxygen atoms in total. The van der Waals surface area contributed by atoms with Gasteiger partial charge in [-0.15, -0.1) is 10.2 Å². The standard InChI is InChI=1S/C25H34N6O/c1-4-29-17-27-28-24(29)20-9-8-12-30(16-20)25(32)22(15-26)14-21-13-18(2)31(19(21)3)23-10-6-5-7-11-23/h13-14,17,20,23H,4-12,16H2,1-3H3/b22-14+. The molecule has 0 spiro atoms. The Morgan fingerprint density at radius 3 is 2.72 bits per heavy atom. The molecule has 0 N–H and O–H groups in total. The monoisotopic (exact) mass is 434 g/mol. The van der Waals surface area contributed by atoms with Gasteiger partial charge in [0.1, 0.15) is 23.8 Å². The second-order valence-electron chi connectivity index (χ2n) is 9.22. The maximum absolute atomic E-state index is 13.3. The van der Waals surface area contributed by atoms with Crippen molar-refractivity contribution in [2.24, 2.45) is 0 Å². The molecule has 4 rings (SSSR count). The van der Waals surface area contributed by atoms with Crippen LogP contribution in [0.2, 0.25) is 0 Å². The van der Waals surface area contributed by atoms with Crippen LogP contribution in [0.4, 0.5) is 0 Å². The minimum absolute atomic E-state index is 0.159. The van der Waals surface area contributed by atoms with Crippen LogP contribution in [-0.4, -0.2) is 43.2 Å². The first-order valence-corrected chi connectivity index (χ1v) is 12.0. The Morgan fingerprint density at radius 2 is 2.00 bits per heavy atom. The lowest BCUT2D eigenvalue weighted by Crippen LogP contribution is -2.40. The molecule has 170 valence electrons. The third-order valence-electron chi connectivity index (χ3n) is 7.17. The van der Waals surface area contributed by atoms with E-state index in [1.165, 1.54) is 37.8 Å². The maximum Gasteiger partial charge on any atom is 0.264 e. The molecule has 2 aromatic rings. The van der Waals surface area contributed by atoms with Crippen LogP contribution in [0, 0.1) is 25.2 Å². The van der Waals surface area contributed by atoms with Crippen LogP contribution in [0.5, 0.6) is 0 Å². The van der Waals surface area contributed by atoms with Crippen molar-refractivity contribution in [1.29, 1.82) is 5.26 Å². The second-order valence-corrected chi connectivity index (χ2v) is 9.22. The van der Waals surface area contributed by atoms with Crippen molar-refractivity contribution < 1.29 is 4.79 Å². The highest BCUT2D eigenvalue weighted by Gasteiger charge is 2.29. The lowest BCUT2D eigenvalue weighted by Gasteiger charge is -2.32. The average Bonchev–Trinajstić information content (AvgIpc) is 3.41. The molecule has 3 heterocycles. The summed E-state index contributed by atoms with van der Waals surface area (Å²) in [7, 11) is 0. The number of piperidine rings is 1. The minimum atomic E-state index is -0.178. The van der Waals surface area contributed by atoms with E-state index in [-0.39, 0.29) is 17.4 Å². The number of hydrogen-bond acceptors (Lipinski definition) is 4. The summed E-state index contributed by atoms with van der Waals surface area (Å²) >= 11 is 0. The van der Waals surface area contributed by atoms with Gasteiger partial charge in [0.25, 0.3) is 5.91 Å². The Kier molecular flexibility index (Phi) is 6.78. The number of amides is 1. The van der Waals surface area contributed by atoms with Gasteiger partial charge in [0, 0.05) is 43.0 Å². The van der Waals surface area contributed by atoms with E-state index in [0.717, 1.165) is 36.5 Å². The van der Waals surface area contributed by atoms with E-state index in [0.29, 0.717) is 19.1 Å². The highest BCUT2D eigenvalue weighted by Crippen LogP contribution is 2.33. The molecule has 2 aliphatic rings. The minimum Gasteiger partial charge on any atom is -0.346 e. The second kappa shape index (κ2) is 9.72. The molecule has 0 radical (unpaired) electrons. The van der Waals surface area contributed by atoms with Gasteiger partial charge in [-0.05, 0) is 64.2 Å². The number of nitriles is 1. The fourth-order valence-corrected chi connectivity index (χ4v) is 5.51. The molecule has 2 aromatic heterocycles. The summed E-state index contributed by atoms with van der Waals surface area (Å²) in [5.41, 5.74) is 3.56. The van der Waals surface area contributed by atoms with E-state index >= 15 is 0 Å². The van der Waals surface area contributed by atoms with Crippen LogP contribution in [-0.2, 0) is 11.3 Å². The van der Waals surface area contributed by atoms with Crippen LogP contribution in [0.25, 0.3) is 6.08 Å². The van der Waals surface area contributed by atoms with Crippen LogP contribution in [0.15, 0.2) is 18.0 Å². The zero-order valence-electron chi connectivity index (χ0n) is 19.5. The number of aryl methyl sites for hydroxylation is 2. The van der Waals surface area contributed by atoms with Gasteiger partial charge in [0.2, 0.25) is 0 Å². The summed E-state index contributed by atoms with van der Waals surface area (Å²) < 4.78 is 4.46. The first-order chi connectivity index (χ1) is 15.5. The van der Waals surface area contributed by atoms with E-state index < -0.39 is 0 Å². The van der Waals surface area contributed by atoms with Gasteiger partial charge in [0.15, 0.2) is 0 Å². The number of aromatic nitrogens is 4. The van der Waals surface area contributed by atoms with E-state index in [1.807, 2.05) is 9.47 Å². The fourth-order valence-electron chi connectivity index (χ4n) is 5.51. The number of hydrogen-bond donors (Lipinski definition) is 0. The van der Waals surface area contributed by atoms with Crippen molar-refractivity contribution in [3.05, 3.63) is 40.7 Å². The lowest BCUT2D eigenvalue weighted by atomic mass is 9.95. The predicted molar refractivity (Wildman–Crippen MR) is 124 cm³/mol. The van der Waals surface area contributed by atoms with E-state index in [1.54, 1.807) is 12.4 Å². The van der Waals surface area contributed by atoms with Gasteiger partial charge in [-0.1, -0.05) is 19.3 Å². The maximum atomic E-state index is 13.3. The zero-order valence-corrected chi connectivity index (χ0v) is 19.5. The van der Waals surface area contributed by atoms with Gasteiger partial charge in [0.05, 0.1) is 0 Å². The molecule has 32 heavy (non-hydrogen) atoms. The van der Waals surface area contributed by atoms with Crippen LogP contribution < -0.4 is 0 Å². The van der Waals surface area contributed by atoms with Gasteiger partial charge < -0.3 is 14.0 Å². The molecule has 1 unspecified atom stereocenters. The lowest BCUT2D eigenvalue weighted by molar-refractivity contribution is -0.127. The predicted octanol–water partition coefficient (Wildman–Crippen LogP) is 4.53. The van der Waals surface area contributed by atoms with Crippen molar-refractivity contribution in [3.8, 4) is 6.07 Å². The summed E-state index contributed by atoms with van der Waals surface area (Å²) in [4.78, 5) is 15.1. The van der Waals surface area contributed by atoms with Crippen molar-refractivity contribution in [2.45, 2.75) is 84.2 Å². The molecule has 7 heteroatoms. The van der Waals surface area contributed by atoms with E-state index in [9.17, 15) is 10.1 Å². The normalized spacial score (nSPS) is 20.4. The molecule has 1 aliphatic heterocycles. The molecule has 1 amide bonds. The summed E-state index contributed by atoms with van der Waals surface area (Å²) in [5.74, 6) is 0.914. The van der Waals surface area contributed by atoms with E-state index in [2.05, 4.69) is 47.7 Å². The van der Waals surface area contributed by atoms with Crippen LogP contribution in [0.1, 0.15) is 86.6 Å². The van der Waals surface area contributed by atoms with Crippen LogP contribution in [0.3, 0.4) is 0 Å². The number of nitrogens with zero attached hydrogens (tertiary/aromatic N) is 6. The molecule has 1 saturated carbocycles. The van der Waals surface area contributed by atoms with Crippen molar-refractivity contribution in [3.63, 3.8) is 0 Å². The summed E-state index contributed by atoms with van der Waals surface area (Å²) in [5, 5.41) is 18.2. The van der Waals surface area contributed by atoms with Gasteiger partial charge in [-0.2, -0.15) is 5.26 Å². The molecular weight excluding hydrogens is 400 g/mol. The van der Waals surface area contributed by atoms with Gasteiger partial charge >= 0.3 is 0 Å². The highest BCUT2D eigenvalue weighted by atomic mass is 16.2. The quantitative estimate of drug-likeness (QED) is 0.511. The third kappa shape index (κ3) is 4.36.